The molecule has 1 N–H and O–H groups in total. The van der Waals surface area contributed by atoms with Crippen LogP contribution in [-0.2, 0) is 0 Å². The van der Waals surface area contributed by atoms with Gasteiger partial charge in [-0.15, -0.1) is 0 Å². The van der Waals surface area contributed by atoms with E-state index in [-0.39, 0.29) is 5.92 Å². The standard InChI is InChI=1S/C5H7N2/c6-3-5-1-2-7-4-5/h2,5,7H,1,4H2. The summed E-state index contributed by atoms with van der Waals surface area (Å²) in [6.45, 7) is 2.78. The van der Waals surface area contributed by atoms with Crippen LogP contribution in [0, 0.1) is 23.8 Å². The van der Waals surface area contributed by atoms with Gasteiger partial charge in [0.25, 0.3) is 0 Å². The molecule has 1 aliphatic heterocycles. The molecule has 1 radical (unpaired) electrons. The molecule has 0 aliphatic carbocycles. The maximum atomic E-state index is 8.26. The molecule has 2 heteroatoms. The fraction of sp³-hybridized carbons (Fsp3) is 0.600. The van der Waals surface area contributed by atoms with Crippen LogP contribution in [0.1, 0.15) is 6.42 Å². The quantitative estimate of drug-likeness (QED) is 0.469. The van der Waals surface area contributed by atoms with Gasteiger partial charge >= 0.3 is 0 Å². The smallest absolute Gasteiger partial charge is 0.0669 e. The van der Waals surface area contributed by atoms with Crippen LogP contribution in [0.2, 0.25) is 0 Å². The van der Waals surface area contributed by atoms with E-state index in [2.05, 4.69) is 11.4 Å². The Bertz CT molecular complexity index is 86.7. The number of nitrogens with one attached hydrogen (secondary N) is 1. The third kappa shape index (κ3) is 0.908. The summed E-state index contributed by atoms with van der Waals surface area (Å²) in [5, 5.41) is 11.2. The van der Waals surface area contributed by atoms with Crippen LogP contribution in [-0.4, -0.2) is 6.54 Å². The van der Waals surface area contributed by atoms with E-state index in [9.17, 15) is 0 Å². The van der Waals surface area contributed by atoms with Gasteiger partial charge in [-0.05, 0) is 6.42 Å². The zero-order valence-electron chi connectivity index (χ0n) is 4.02. The Labute approximate surface area is 43.1 Å². The first-order chi connectivity index (χ1) is 3.43. The molecule has 0 spiro atoms. The summed E-state index contributed by atoms with van der Waals surface area (Å²) in [4.78, 5) is 0. The third-order valence-corrected chi connectivity index (χ3v) is 1.09. The SMILES string of the molecule is N#CC1C[CH]NC1. The van der Waals surface area contributed by atoms with Crippen molar-refractivity contribution in [3.63, 3.8) is 0 Å². The lowest BCUT2D eigenvalue weighted by Gasteiger charge is -1.87. The van der Waals surface area contributed by atoms with Gasteiger partial charge in [-0.2, -0.15) is 5.26 Å². The molecule has 1 heterocycles. The van der Waals surface area contributed by atoms with Gasteiger partial charge in [0.1, 0.15) is 0 Å². The van der Waals surface area contributed by atoms with E-state index in [0.29, 0.717) is 0 Å². The number of rotatable bonds is 0. The zero-order chi connectivity index (χ0) is 5.11. The second-order valence-electron chi connectivity index (χ2n) is 1.67. The lowest BCUT2D eigenvalue weighted by atomic mass is 10.2. The van der Waals surface area contributed by atoms with Crippen LogP contribution in [0.25, 0.3) is 0 Å². The van der Waals surface area contributed by atoms with Gasteiger partial charge < -0.3 is 5.32 Å². The average Bonchev–Trinajstić information content (AvgIpc) is 2.14. The van der Waals surface area contributed by atoms with E-state index in [0.717, 1.165) is 13.0 Å². The number of nitrogens with zero attached hydrogens (tertiary/aromatic N) is 1. The highest BCUT2D eigenvalue weighted by atomic mass is 14.9. The number of nitriles is 1. The van der Waals surface area contributed by atoms with E-state index >= 15 is 0 Å². The molecule has 1 saturated heterocycles. The number of hydrogen-bond acceptors (Lipinski definition) is 2. The Hall–Kier alpha value is -0.550. The summed E-state index contributed by atoms with van der Waals surface area (Å²) in [5.74, 6) is 0.236. The highest BCUT2D eigenvalue weighted by Gasteiger charge is 2.11. The minimum Gasteiger partial charge on any atom is -0.311 e. The highest BCUT2D eigenvalue weighted by molar-refractivity contribution is 4.93. The predicted molar refractivity (Wildman–Crippen MR) is 26.0 cm³/mol. The molecule has 37 valence electrons. The first-order valence-corrected chi connectivity index (χ1v) is 2.38. The molecule has 0 aromatic carbocycles. The minimum absolute atomic E-state index is 0.236. The fourth-order valence-electron chi connectivity index (χ4n) is 0.633. The molecule has 0 aromatic rings. The van der Waals surface area contributed by atoms with Crippen molar-refractivity contribution in [3.8, 4) is 6.07 Å². The largest absolute Gasteiger partial charge is 0.311 e. The van der Waals surface area contributed by atoms with Gasteiger partial charge in [0.15, 0.2) is 0 Å². The highest BCUT2D eigenvalue weighted by Crippen LogP contribution is 2.07. The van der Waals surface area contributed by atoms with Crippen molar-refractivity contribution in [2.75, 3.05) is 6.54 Å². The fourth-order valence-corrected chi connectivity index (χ4v) is 0.633. The second-order valence-corrected chi connectivity index (χ2v) is 1.67. The van der Waals surface area contributed by atoms with Gasteiger partial charge in [-0.25, -0.2) is 0 Å². The van der Waals surface area contributed by atoms with Gasteiger partial charge in [-0.3, -0.25) is 0 Å². The van der Waals surface area contributed by atoms with Gasteiger partial charge in [0.2, 0.25) is 0 Å². The van der Waals surface area contributed by atoms with Gasteiger partial charge in [-0.1, -0.05) is 0 Å². The van der Waals surface area contributed by atoms with Crippen molar-refractivity contribution < 1.29 is 0 Å². The van der Waals surface area contributed by atoms with E-state index in [1.165, 1.54) is 0 Å². The molecule has 1 rings (SSSR count). The van der Waals surface area contributed by atoms with Crippen LogP contribution >= 0.6 is 0 Å². The normalized spacial score (nSPS) is 29.9. The predicted octanol–water partition coefficient (Wildman–Crippen LogP) is 0.281. The van der Waals surface area contributed by atoms with Crippen molar-refractivity contribution >= 4 is 0 Å². The van der Waals surface area contributed by atoms with E-state index in [1.807, 2.05) is 6.54 Å². The average molecular weight is 95.1 g/mol. The second kappa shape index (κ2) is 1.94. The van der Waals surface area contributed by atoms with E-state index < -0.39 is 0 Å². The van der Waals surface area contributed by atoms with Crippen molar-refractivity contribution in [1.29, 1.82) is 5.26 Å². The molecule has 0 aromatic heterocycles. The van der Waals surface area contributed by atoms with Crippen LogP contribution in [0.5, 0.6) is 0 Å². The topological polar surface area (TPSA) is 35.8 Å². The maximum Gasteiger partial charge on any atom is 0.0669 e. The van der Waals surface area contributed by atoms with E-state index in [1.54, 1.807) is 0 Å². The lowest BCUT2D eigenvalue weighted by molar-refractivity contribution is 0.744. The van der Waals surface area contributed by atoms with Gasteiger partial charge in [0, 0.05) is 13.1 Å². The summed E-state index contributed by atoms with van der Waals surface area (Å²) in [6.07, 6.45) is 0.913. The molecule has 1 aliphatic rings. The molecule has 7 heavy (non-hydrogen) atoms. The molecule has 0 bridgehead atoms. The van der Waals surface area contributed by atoms with Gasteiger partial charge in [0.05, 0.1) is 12.0 Å². The van der Waals surface area contributed by atoms with E-state index in [4.69, 9.17) is 5.26 Å². The van der Waals surface area contributed by atoms with Crippen LogP contribution < -0.4 is 5.32 Å². The van der Waals surface area contributed by atoms with Crippen molar-refractivity contribution in [2.45, 2.75) is 6.42 Å². The summed E-state index contributed by atoms with van der Waals surface area (Å²) >= 11 is 0. The third-order valence-electron chi connectivity index (χ3n) is 1.09. The molecular weight excluding hydrogens is 88.1 g/mol. The van der Waals surface area contributed by atoms with Crippen molar-refractivity contribution in [1.82, 2.24) is 5.32 Å². The molecule has 1 unspecified atom stereocenters. The molecule has 2 nitrogen and oxygen atoms in total. The van der Waals surface area contributed by atoms with Crippen molar-refractivity contribution in [2.24, 2.45) is 5.92 Å². The Morgan fingerprint density at radius 1 is 1.86 bits per heavy atom. The zero-order valence-corrected chi connectivity index (χ0v) is 4.02. The summed E-state index contributed by atoms with van der Waals surface area (Å²) in [7, 11) is 0. The monoisotopic (exact) mass is 95.1 g/mol. The summed E-state index contributed by atoms with van der Waals surface area (Å²) < 4.78 is 0. The Morgan fingerprint density at radius 2 is 2.71 bits per heavy atom. The Kier molecular flexibility index (Phi) is 1.28. The number of hydrogen-bond donors (Lipinski definition) is 1. The summed E-state index contributed by atoms with van der Waals surface area (Å²) in [6, 6.07) is 2.17. The maximum absolute atomic E-state index is 8.26. The summed E-state index contributed by atoms with van der Waals surface area (Å²) in [5.41, 5.74) is 0. The van der Waals surface area contributed by atoms with Crippen LogP contribution in [0.15, 0.2) is 0 Å². The molecule has 0 amide bonds. The lowest BCUT2D eigenvalue weighted by Crippen LogP contribution is -2.04. The first-order valence-electron chi connectivity index (χ1n) is 2.38. The Morgan fingerprint density at radius 3 is 3.00 bits per heavy atom. The molecule has 1 atom stereocenters. The first kappa shape index (κ1) is 4.61. The van der Waals surface area contributed by atoms with Crippen LogP contribution in [0.4, 0.5) is 0 Å². The minimum atomic E-state index is 0.236. The molecular formula is C5H7N2. The van der Waals surface area contributed by atoms with Crippen molar-refractivity contribution in [3.05, 3.63) is 6.54 Å². The molecule has 1 fully saturated rings. The van der Waals surface area contributed by atoms with Crippen LogP contribution in [0.3, 0.4) is 0 Å². The molecule has 0 saturated carbocycles. The Balaban J connectivity index is 2.31.